The quantitative estimate of drug-likeness (QED) is 0.0956. The van der Waals surface area contributed by atoms with Crippen molar-refractivity contribution in [3.05, 3.63) is 121 Å². The zero-order valence-electron chi connectivity index (χ0n) is 21.1. The van der Waals surface area contributed by atoms with E-state index in [9.17, 15) is 0 Å². The van der Waals surface area contributed by atoms with Gasteiger partial charge >= 0.3 is 0 Å². The summed E-state index contributed by atoms with van der Waals surface area (Å²) in [6.07, 6.45) is 0. The van der Waals surface area contributed by atoms with Crippen LogP contribution in [-0.4, -0.2) is 36.5 Å². The fourth-order valence-electron chi connectivity index (χ4n) is 3.73. The molecule has 6 nitrogen and oxygen atoms in total. The highest BCUT2D eigenvalue weighted by Gasteiger charge is 2.13. The summed E-state index contributed by atoms with van der Waals surface area (Å²) in [5.74, 6) is 2.72. The topological polar surface area (TPSA) is 83.2 Å². The minimum absolute atomic E-state index is 0.480. The Bertz CT molecular complexity index is 1180. The van der Waals surface area contributed by atoms with Crippen molar-refractivity contribution in [1.82, 2.24) is 0 Å². The highest BCUT2D eigenvalue weighted by Crippen LogP contribution is 2.24. The minimum Gasteiger partial charge on any atom is -0.369 e. The third kappa shape index (κ3) is 8.33. The average molecular weight is 541 g/mol. The molecule has 8 heteroatoms. The van der Waals surface area contributed by atoms with Crippen molar-refractivity contribution in [1.29, 1.82) is 0 Å². The first-order valence-electron chi connectivity index (χ1n) is 12.4. The van der Waals surface area contributed by atoms with E-state index in [0.717, 1.165) is 47.3 Å². The Morgan fingerprint density at radius 2 is 0.816 bits per heavy atom. The second kappa shape index (κ2) is 14.8. The zero-order valence-corrected chi connectivity index (χ0v) is 22.8. The summed E-state index contributed by atoms with van der Waals surface area (Å²) in [7, 11) is 3.62. The average Bonchev–Trinajstić information content (AvgIpc) is 2.96. The van der Waals surface area contributed by atoms with Gasteiger partial charge < -0.3 is 21.3 Å². The summed E-state index contributed by atoms with van der Waals surface area (Å²) < 4.78 is 0. The Hall–Kier alpha value is -3.88. The summed E-state index contributed by atoms with van der Waals surface area (Å²) >= 11 is 0. The van der Waals surface area contributed by atoms with E-state index in [1.807, 2.05) is 119 Å². The molecule has 0 aromatic heterocycles. The number of rotatable bonds is 11. The lowest BCUT2D eigenvalue weighted by Gasteiger charge is -2.24. The second-order valence-corrected chi connectivity index (χ2v) is 10.9. The number of nitrogens with zero attached hydrogens (tertiary/aromatic N) is 4. The highest BCUT2D eigenvalue weighted by molar-refractivity contribution is 8.76. The van der Waals surface area contributed by atoms with Crippen LogP contribution in [0.3, 0.4) is 0 Å². The van der Waals surface area contributed by atoms with Crippen molar-refractivity contribution < 1.29 is 0 Å². The number of guanidine groups is 2. The lowest BCUT2D eigenvalue weighted by molar-refractivity contribution is 1.05. The van der Waals surface area contributed by atoms with Crippen molar-refractivity contribution in [2.24, 2.45) is 21.5 Å². The SMILES string of the molecule is NC(=Nc1ccccc1)N(CCSSCCN(C(N)=Nc1ccccc1)c1ccccc1)c1ccccc1. The standard InChI is InChI=1S/C30H32N6S2/c31-29(33-25-13-5-1-6-14-25)35(27-17-9-3-10-18-27)21-23-37-38-24-22-36(28-19-11-4-12-20-28)30(32)34-26-15-7-2-8-16-26/h1-20H,21-24H2,(H2,31,33)(H2,32,34). The van der Waals surface area contributed by atoms with Crippen LogP contribution in [0.2, 0.25) is 0 Å². The lowest BCUT2D eigenvalue weighted by atomic mass is 10.3. The van der Waals surface area contributed by atoms with Gasteiger partial charge in [0.2, 0.25) is 11.9 Å². The molecule has 0 atom stereocenters. The molecule has 0 saturated carbocycles. The van der Waals surface area contributed by atoms with E-state index in [1.54, 1.807) is 0 Å². The van der Waals surface area contributed by atoms with Gasteiger partial charge in [-0.25, -0.2) is 9.98 Å². The predicted molar refractivity (Wildman–Crippen MR) is 168 cm³/mol. The monoisotopic (exact) mass is 540 g/mol. The van der Waals surface area contributed by atoms with Crippen LogP contribution in [0, 0.1) is 0 Å². The van der Waals surface area contributed by atoms with Gasteiger partial charge in [-0.2, -0.15) is 0 Å². The molecule has 194 valence electrons. The molecule has 0 aliphatic rings. The molecule has 0 fully saturated rings. The Morgan fingerprint density at radius 3 is 1.16 bits per heavy atom. The molecule has 0 amide bonds. The van der Waals surface area contributed by atoms with Crippen molar-refractivity contribution in [3.63, 3.8) is 0 Å². The van der Waals surface area contributed by atoms with Crippen molar-refractivity contribution in [3.8, 4) is 0 Å². The maximum absolute atomic E-state index is 6.45. The first-order chi connectivity index (χ1) is 18.7. The van der Waals surface area contributed by atoms with Gasteiger partial charge in [-0.05, 0) is 48.5 Å². The first kappa shape index (κ1) is 27.2. The van der Waals surface area contributed by atoms with Gasteiger partial charge in [0, 0.05) is 36.0 Å². The van der Waals surface area contributed by atoms with Crippen LogP contribution in [-0.2, 0) is 0 Å². The second-order valence-electron chi connectivity index (χ2n) is 8.23. The summed E-state index contributed by atoms with van der Waals surface area (Å²) in [5, 5.41) is 0. The molecule has 4 N–H and O–H groups in total. The summed E-state index contributed by atoms with van der Waals surface area (Å²) in [5.41, 5.74) is 16.6. The first-order valence-corrected chi connectivity index (χ1v) is 14.9. The molecule has 0 saturated heterocycles. The molecule has 0 aliphatic carbocycles. The number of aliphatic imine (C=N–C) groups is 2. The van der Waals surface area contributed by atoms with Gasteiger partial charge in [0.1, 0.15) is 0 Å². The number of para-hydroxylation sites is 4. The fourth-order valence-corrected chi connectivity index (χ4v) is 5.64. The van der Waals surface area contributed by atoms with Crippen LogP contribution < -0.4 is 21.3 Å². The lowest BCUT2D eigenvalue weighted by Crippen LogP contribution is -2.39. The molecule has 0 radical (unpaired) electrons. The van der Waals surface area contributed by atoms with Gasteiger partial charge in [0.25, 0.3) is 0 Å². The van der Waals surface area contributed by atoms with E-state index >= 15 is 0 Å². The van der Waals surface area contributed by atoms with E-state index in [4.69, 9.17) is 11.5 Å². The van der Waals surface area contributed by atoms with Crippen molar-refractivity contribution in [2.45, 2.75) is 0 Å². The molecule has 0 unspecified atom stereocenters. The van der Waals surface area contributed by atoms with Gasteiger partial charge in [-0.15, -0.1) is 0 Å². The smallest absolute Gasteiger partial charge is 0.201 e. The van der Waals surface area contributed by atoms with Crippen LogP contribution in [0.25, 0.3) is 0 Å². The van der Waals surface area contributed by atoms with Gasteiger partial charge in [-0.3, -0.25) is 0 Å². The van der Waals surface area contributed by atoms with E-state index in [-0.39, 0.29) is 0 Å². The van der Waals surface area contributed by atoms with Crippen LogP contribution in [0.15, 0.2) is 131 Å². The molecule has 38 heavy (non-hydrogen) atoms. The summed E-state index contributed by atoms with van der Waals surface area (Å²) in [6, 6.07) is 39.9. The molecule has 4 aromatic carbocycles. The molecule has 4 aromatic rings. The Kier molecular flexibility index (Phi) is 10.5. The molecular formula is C30H32N6S2. The van der Waals surface area contributed by atoms with E-state index in [0.29, 0.717) is 11.9 Å². The fraction of sp³-hybridized carbons (Fsp3) is 0.133. The normalized spacial score (nSPS) is 11.8. The predicted octanol–water partition coefficient (Wildman–Crippen LogP) is 6.67. The number of hydrogen-bond acceptors (Lipinski definition) is 4. The molecule has 0 aliphatic heterocycles. The maximum Gasteiger partial charge on any atom is 0.201 e. The van der Waals surface area contributed by atoms with Gasteiger partial charge in [-0.1, -0.05) is 94.4 Å². The largest absolute Gasteiger partial charge is 0.369 e. The molecule has 0 bridgehead atoms. The summed E-state index contributed by atoms with van der Waals surface area (Å²) in [6.45, 7) is 1.48. The van der Waals surface area contributed by atoms with Gasteiger partial charge in [0.15, 0.2) is 0 Å². The van der Waals surface area contributed by atoms with E-state index in [2.05, 4.69) is 44.1 Å². The van der Waals surface area contributed by atoms with Crippen molar-refractivity contribution >= 4 is 56.3 Å². The molecule has 0 heterocycles. The third-order valence-electron chi connectivity index (χ3n) is 5.57. The maximum atomic E-state index is 6.45. The third-order valence-corrected chi connectivity index (χ3v) is 7.93. The molecular weight excluding hydrogens is 509 g/mol. The van der Waals surface area contributed by atoms with Crippen LogP contribution in [0.5, 0.6) is 0 Å². The van der Waals surface area contributed by atoms with Gasteiger partial charge in [0.05, 0.1) is 11.4 Å². The number of hydrogen-bond donors (Lipinski definition) is 2. The van der Waals surface area contributed by atoms with Crippen LogP contribution >= 0.6 is 21.6 Å². The number of nitrogens with two attached hydrogens (primary N) is 2. The Morgan fingerprint density at radius 1 is 0.500 bits per heavy atom. The minimum atomic E-state index is 0.480. The van der Waals surface area contributed by atoms with Crippen LogP contribution in [0.1, 0.15) is 0 Å². The Labute approximate surface area is 232 Å². The highest BCUT2D eigenvalue weighted by atomic mass is 33.1. The van der Waals surface area contributed by atoms with E-state index < -0.39 is 0 Å². The zero-order chi connectivity index (χ0) is 26.4. The summed E-state index contributed by atoms with van der Waals surface area (Å²) in [4.78, 5) is 13.4. The molecule has 4 rings (SSSR count). The van der Waals surface area contributed by atoms with Crippen LogP contribution in [0.4, 0.5) is 22.7 Å². The Balaban J connectivity index is 1.34. The molecule has 0 spiro atoms. The van der Waals surface area contributed by atoms with Crippen molar-refractivity contribution in [2.75, 3.05) is 34.4 Å². The number of benzene rings is 4. The van der Waals surface area contributed by atoms with E-state index in [1.165, 1.54) is 0 Å². The number of anilines is 2.